The number of carboxylic acids is 1. The van der Waals surface area contributed by atoms with Gasteiger partial charge in [-0.3, -0.25) is 9.59 Å². The van der Waals surface area contributed by atoms with Crippen LogP contribution in [-0.2, 0) is 11.3 Å². The third-order valence-corrected chi connectivity index (χ3v) is 2.68. The van der Waals surface area contributed by atoms with Gasteiger partial charge in [-0.25, -0.2) is 0 Å². The summed E-state index contributed by atoms with van der Waals surface area (Å²) in [7, 11) is 0. The zero-order chi connectivity index (χ0) is 13.7. The van der Waals surface area contributed by atoms with Crippen molar-refractivity contribution in [3.05, 3.63) is 23.7 Å². The predicted octanol–water partition coefficient (Wildman–Crippen LogP) is 1.06. The van der Waals surface area contributed by atoms with Crippen LogP contribution in [0.5, 0.6) is 0 Å². The van der Waals surface area contributed by atoms with Gasteiger partial charge in [-0.1, -0.05) is 0 Å². The summed E-state index contributed by atoms with van der Waals surface area (Å²) in [6, 6.07) is 2.82. The number of aliphatic carboxylic acids is 1. The highest BCUT2D eigenvalue weighted by Gasteiger charge is 2.24. The fraction of sp³-hybridized carbons (Fsp3) is 0.500. The second kappa shape index (κ2) is 6.20. The lowest BCUT2D eigenvalue weighted by molar-refractivity contribution is -0.138. The van der Waals surface area contributed by atoms with E-state index in [1.54, 1.807) is 26.0 Å². The van der Waals surface area contributed by atoms with Gasteiger partial charge in [0.1, 0.15) is 5.76 Å². The second-order valence-corrected chi connectivity index (χ2v) is 4.01. The largest absolute Gasteiger partial charge is 0.481 e. The SMILES string of the molecule is CCN(C(=O)c1ccc(CN)o1)C(C)CC(=O)O. The van der Waals surface area contributed by atoms with E-state index in [1.807, 2.05) is 0 Å². The molecule has 6 nitrogen and oxygen atoms in total. The van der Waals surface area contributed by atoms with Crippen molar-refractivity contribution in [3.63, 3.8) is 0 Å². The fourth-order valence-electron chi connectivity index (χ4n) is 1.76. The third-order valence-electron chi connectivity index (χ3n) is 2.68. The molecule has 18 heavy (non-hydrogen) atoms. The zero-order valence-corrected chi connectivity index (χ0v) is 10.5. The molecule has 0 fully saturated rings. The summed E-state index contributed by atoms with van der Waals surface area (Å²) >= 11 is 0. The first-order chi connectivity index (χ1) is 8.49. The number of nitrogens with two attached hydrogens (primary N) is 1. The molecule has 100 valence electrons. The molecule has 1 unspecified atom stereocenters. The first-order valence-corrected chi connectivity index (χ1v) is 5.81. The Morgan fingerprint density at radius 1 is 1.50 bits per heavy atom. The lowest BCUT2D eigenvalue weighted by atomic mass is 10.2. The summed E-state index contributed by atoms with van der Waals surface area (Å²) < 4.78 is 5.27. The zero-order valence-electron chi connectivity index (χ0n) is 10.5. The van der Waals surface area contributed by atoms with Crippen LogP contribution in [0.1, 0.15) is 36.6 Å². The predicted molar refractivity (Wildman–Crippen MR) is 65.0 cm³/mol. The Kier molecular flexibility index (Phi) is 4.91. The maximum absolute atomic E-state index is 12.1. The van der Waals surface area contributed by atoms with Crippen molar-refractivity contribution in [2.24, 2.45) is 5.73 Å². The van der Waals surface area contributed by atoms with E-state index in [1.165, 1.54) is 4.90 Å². The Bertz CT molecular complexity index is 427. The average molecular weight is 254 g/mol. The van der Waals surface area contributed by atoms with Crippen LogP contribution in [0.3, 0.4) is 0 Å². The standard InChI is InChI=1S/C12H18N2O4/c1-3-14(8(2)6-11(15)16)12(17)10-5-4-9(7-13)18-10/h4-5,8H,3,6-7,13H2,1-2H3,(H,15,16). The van der Waals surface area contributed by atoms with E-state index in [0.29, 0.717) is 12.3 Å². The van der Waals surface area contributed by atoms with Gasteiger partial charge in [0, 0.05) is 12.6 Å². The Hall–Kier alpha value is -1.82. The molecule has 0 spiro atoms. The van der Waals surface area contributed by atoms with Gasteiger partial charge < -0.3 is 20.2 Å². The molecule has 0 radical (unpaired) electrons. The van der Waals surface area contributed by atoms with Crippen LogP contribution >= 0.6 is 0 Å². The number of nitrogens with zero attached hydrogens (tertiary/aromatic N) is 1. The quantitative estimate of drug-likeness (QED) is 0.791. The molecule has 0 saturated heterocycles. The van der Waals surface area contributed by atoms with Crippen molar-refractivity contribution >= 4 is 11.9 Å². The van der Waals surface area contributed by atoms with Crippen molar-refractivity contribution < 1.29 is 19.1 Å². The van der Waals surface area contributed by atoms with E-state index in [0.717, 1.165) is 0 Å². The van der Waals surface area contributed by atoms with E-state index in [4.69, 9.17) is 15.3 Å². The summed E-state index contributed by atoms with van der Waals surface area (Å²) in [4.78, 5) is 24.3. The second-order valence-electron chi connectivity index (χ2n) is 4.01. The molecule has 1 aromatic heterocycles. The molecular formula is C12H18N2O4. The Balaban J connectivity index is 2.81. The molecule has 0 aliphatic heterocycles. The normalized spacial score (nSPS) is 12.2. The monoisotopic (exact) mass is 254 g/mol. The smallest absolute Gasteiger partial charge is 0.305 e. The highest BCUT2D eigenvalue weighted by molar-refractivity contribution is 5.92. The van der Waals surface area contributed by atoms with Gasteiger partial charge in [-0.15, -0.1) is 0 Å². The molecule has 1 rings (SSSR count). The van der Waals surface area contributed by atoms with Gasteiger partial charge in [0.2, 0.25) is 0 Å². The molecular weight excluding hydrogens is 236 g/mol. The third kappa shape index (κ3) is 3.33. The Morgan fingerprint density at radius 3 is 2.61 bits per heavy atom. The fourth-order valence-corrected chi connectivity index (χ4v) is 1.76. The molecule has 1 aromatic rings. The molecule has 0 saturated carbocycles. The highest BCUT2D eigenvalue weighted by Crippen LogP contribution is 2.13. The minimum atomic E-state index is -0.934. The van der Waals surface area contributed by atoms with Crippen molar-refractivity contribution in [1.29, 1.82) is 0 Å². The number of carbonyl (C=O) groups is 2. The van der Waals surface area contributed by atoms with Crippen molar-refractivity contribution in [2.45, 2.75) is 32.9 Å². The molecule has 1 amide bonds. The van der Waals surface area contributed by atoms with Crippen LogP contribution in [0.2, 0.25) is 0 Å². The topological polar surface area (TPSA) is 96.8 Å². The number of amides is 1. The molecule has 0 aliphatic rings. The maximum Gasteiger partial charge on any atom is 0.305 e. The summed E-state index contributed by atoms with van der Waals surface area (Å²) in [6.45, 7) is 4.14. The van der Waals surface area contributed by atoms with Gasteiger partial charge in [-0.2, -0.15) is 0 Å². The number of furan rings is 1. The molecule has 6 heteroatoms. The van der Waals surface area contributed by atoms with Gasteiger partial charge >= 0.3 is 5.97 Å². The van der Waals surface area contributed by atoms with Gasteiger partial charge in [0.15, 0.2) is 5.76 Å². The van der Waals surface area contributed by atoms with Crippen molar-refractivity contribution in [1.82, 2.24) is 4.90 Å². The van der Waals surface area contributed by atoms with Gasteiger partial charge in [0.05, 0.1) is 13.0 Å². The number of carboxylic acid groups (broad SMARTS) is 1. The van der Waals surface area contributed by atoms with Gasteiger partial charge in [-0.05, 0) is 26.0 Å². The molecule has 1 atom stereocenters. The van der Waals surface area contributed by atoms with Crippen LogP contribution in [-0.4, -0.2) is 34.5 Å². The van der Waals surface area contributed by atoms with E-state index >= 15 is 0 Å². The van der Waals surface area contributed by atoms with Crippen molar-refractivity contribution in [3.8, 4) is 0 Å². The van der Waals surface area contributed by atoms with E-state index in [2.05, 4.69) is 0 Å². The minimum absolute atomic E-state index is 0.0932. The number of carbonyl (C=O) groups excluding carboxylic acids is 1. The van der Waals surface area contributed by atoms with Crippen LogP contribution < -0.4 is 5.73 Å². The Labute approximate surface area is 105 Å². The molecule has 0 bridgehead atoms. The molecule has 1 heterocycles. The summed E-state index contributed by atoms with van der Waals surface area (Å²) in [5.41, 5.74) is 5.40. The first-order valence-electron chi connectivity index (χ1n) is 5.81. The van der Waals surface area contributed by atoms with Crippen LogP contribution in [0.4, 0.5) is 0 Å². The lowest BCUT2D eigenvalue weighted by Gasteiger charge is -2.25. The van der Waals surface area contributed by atoms with Gasteiger partial charge in [0.25, 0.3) is 5.91 Å². The van der Waals surface area contributed by atoms with E-state index in [9.17, 15) is 9.59 Å². The lowest BCUT2D eigenvalue weighted by Crippen LogP contribution is -2.39. The average Bonchev–Trinajstić information content (AvgIpc) is 2.77. The molecule has 3 N–H and O–H groups in total. The van der Waals surface area contributed by atoms with E-state index < -0.39 is 5.97 Å². The minimum Gasteiger partial charge on any atom is -0.481 e. The summed E-state index contributed by atoms with van der Waals surface area (Å²) in [5, 5.41) is 8.74. The van der Waals surface area contributed by atoms with Crippen molar-refractivity contribution in [2.75, 3.05) is 6.54 Å². The Morgan fingerprint density at radius 2 is 2.17 bits per heavy atom. The summed E-state index contributed by atoms with van der Waals surface area (Å²) in [5.74, 6) is -0.531. The van der Waals surface area contributed by atoms with Crippen LogP contribution in [0, 0.1) is 0 Å². The van der Waals surface area contributed by atoms with Crippen LogP contribution in [0.15, 0.2) is 16.5 Å². The summed E-state index contributed by atoms with van der Waals surface area (Å²) in [6.07, 6.45) is -0.0932. The number of hydrogen-bond acceptors (Lipinski definition) is 4. The molecule has 0 aromatic carbocycles. The number of hydrogen-bond donors (Lipinski definition) is 2. The van der Waals surface area contributed by atoms with E-state index in [-0.39, 0.29) is 30.7 Å². The van der Waals surface area contributed by atoms with Crippen LogP contribution in [0.25, 0.3) is 0 Å². The first kappa shape index (κ1) is 14.2. The maximum atomic E-state index is 12.1. The molecule has 0 aliphatic carbocycles. The highest BCUT2D eigenvalue weighted by atomic mass is 16.4. The number of rotatable bonds is 6.